The minimum absolute atomic E-state index is 0.359. The molecule has 0 saturated carbocycles. The molecule has 7 nitrogen and oxygen atoms in total. The van der Waals surface area contributed by atoms with Crippen LogP contribution in [0.1, 0.15) is 17.1 Å². The first kappa shape index (κ1) is 11.5. The van der Waals surface area contributed by atoms with Gasteiger partial charge in [-0.15, -0.1) is 5.10 Å². The normalized spacial score (nSPS) is 10.8. The molecule has 7 heteroatoms. The second kappa shape index (κ2) is 4.60. The first-order chi connectivity index (χ1) is 9.22. The second-order valence-electron chi connectivity index (χ2n) is 4.18. The molecule has 0 saturated heterocycles. The Balaban J connectivity index is 1.85. The van der Waals surface area contributed by atoms with Gasteiger partial charge in [0.15, 0.2) is 0 Å². The highest BCUT2D eigenvalue weighted by Crippen LogP contribution is 2.17. The van der Waals surface area contributed by atoms with E-state index in [9.17, 15) is 0 Å². The minimum atomic E-state index is 0.359. The van der Waals surface area contributed by atoms with Crippen molar-refractivity contribution in [3.8, 4) is 5.88 Å². The van der Waals surface area contributed by atoms with Gasteiger partial charge in [-0.05, 0) is 13.8 Å². The molecule has 3 aromatic rings. The molecule has 0 unspecified atom stereocenters. The fourth-order valence-electron chi connectivity index (χ4n) is 1.67. The first-order valence-electron chi connectivity index (χ1n) is 5.80. The number of hydrogen-bond donors (Lipinski definition) is 0. The average molecular weight is 256 g/mol. The van der Waals surface area contributed by atoms with E-state index in [0.717, 1.165) is 22.6 Å². The number of rotatable bonds is 3. The third-order valence-corrected chi connectivity index (χ3v) is 2.59. The fraction of sp³-hybridized carbons (Fsp3) is 0.250. The Morgan fingerprint density at radius 2 is 1.95 bits per heavy atom. The van der Waals surface area contributed by atoms with Gasteiger partial charge in [0.1, 0.15) is 17.9 Å². The summed E-state index contributed by atoms with van der Waals surface area (Å²) in [5, 5.41) is 7.77. The number of hydrogen-bond acceptors (Lipinski definition) is 6. The van der Waals surface area contributed by atoms with Crippen LogP contribution in [-0.4, -0.2) is 29.8 Å². The molecule has 0 spiro atoms. The molecule has 3 aromatic heterocycles. The molecule has 0 amide bonds. The summed E-state index contributed by atoms with van der Waals surface area (Å²) in [5.41, 5.74) is 2.44. The Morgan fingerprint density at radius 1 is 1.16 bits per heavy atom. The number of aryl methyl sites for hydroxylation is 2. The quantitative estimate of drug-likeness (QED) is 0.698. The maximum absolute atomic E-state index is 5.69. The Morgan fingerprint density at radius 3 is 2.74 bits per heavy atom. The van der Waals surface area contributed by atoms with Gasteiger partial charge in [0.2, 0.25) is 5.88 Å². The summed E-state index contributed by atoms with van der Waals surface area (Å²) in [5.74, 6) is 1.24. The lowest BCUT2D eigenvalue weighted by atomic mass is 10.3. The summed E-state index contributed by atoms with van der Waals surface area (Å²) < 4.78 is 7.33. The van der Waals surface area contributed by atoms with Gasteiger partial charge in [-0.3, -0.25) is 0 Å². The molecule has 0 radical (unpaired) electrons. The third kappa shape index (κ3) is 2.35. The largest absolute Gasteiger partial charge is 0.471 e. The molecule has 0 aromatic carbocycles. The van der Waals surface area contributed by atoms with Crippen LogP contribution in [0.5, 0.6) is 5.88 Å². The SMILES string of the molecule is Cc1cn2nncc2c(OCc2cnc(C)nc2)n1. The van der Waals surface area contributed by atoms with Crippen molar-refractivity contribution in [3.05, 3.63) is 41.9 Å². The van der Waals surface area contributed by atoms with Crippen molar-refractivity contribution in [1.29, 1.82) is 0 Å². The molecular formula is C12H12N6O. The van der Waals surface area contributed by atoms with Crippen LogP contribution in [0.4, 0.5) is 0 Å². The Labute approximate surface area is 109 Å². The highest BCUT2D eigenvalue weighted by atomic mass is 16.5. The van der Waals surface area contributed by atoms with Gasteiger partial charge in [-0.25, -0.2) is 19.5 Å². The number of nitrogens with zero attached hydrogens (tertiary/aromatic N) is 6. The number of aromatic nitrogens is 6. The van der Waals surface area contributed by atoms with Crippen molar-refractivity contribution < 1.29 is 4.74 Å². The summed E-state index contributed by atoms with van der Waals surface area (Å²) in [6.07, 6.45) is 6.89. The van der Waals surface area contributed by atoms with Gasteiger partial charge < -0.3 is 4.74 Å². The Kier molecular flexibility index (Phi) is 2.79. The lowest BCUT2D eigenvalue weighted by Crippen LogP contribution is -2.02. The summed E-state index contributed by atoms with van der Waals surface area (Å²) in [7, 11) is 0. The van der Waals surface area contributed by atoms with E-state index in [1.54, 1.807) is 29.3 Å². The third-order valence-electron chi connectivity index (χ3n) is 2.59. The number of ether oxygens (including phenoxy) is 1. The Hall–Kier alpha value is -2.57. The van der Waals surface area contributed by atoms with Crippen LogP contribution in [0.15, 0.2) is 24.8 Å². The topological polar surface area (TPSA) is 78.1 Å². The Bertz CT molecular complexity index is 706. The van der Waals surface area contributed by atoms with E-state index in [-0.39, 0.29) is 0 Å². The highest BCUT2D eigenvalue weighted by molar-refractivity contribution is 5.53. The molecule has 3 heterocycles. The zero-order valence-electron chi connectivity index (χ0n) is 10.6. The molecule has 0 aliphatic rings. The van der Waals surface area contributed by atoms with Gasteiger partial charge in [0.05, 0.1) is 18.1 Å². The number of fused-ring (bicyclic) bond motifs is 1. The van der Waals surface area contributed by atoms with Crippen LogP contribution in [0.3, 0.4) is 0 Å². The molecule has 0 fully saturated rings. The van der Waals surface area contributed by atoms with Gasteiger partial charge in [0.25, 0.3) is 0 Å². The van der Waals surface area contributed by atoms with Crippen molar-refractivity contribution in [2.45, 2.75) is 20.5 Å². The van der Waals surface area contributed by atoms with Crippen LogP contribution < -0.4 is 4.74 Å². The van der Waals surface area contributed by atoms with Crippen LogP contribution in [-0.2, 0) is 6.61 Å². The predicted molar refractivity (Wildman–Crippen MR) is 66.6 cm³/mol. The minimum Gasteiger partial charge on any atom is -0.471 e. The average Bonchev–Trinajstić information content (AvgIpc) is 2.85. The summed E-state index contributed by atoms with van der Waals surface area (Å²) in [6.45, 7) is 4.08. The lowest BCUT2D eigenvalue weighted by molar-refractivity contribution is 0.294. The summed E-state index contributed by atoms with van der Waals surface area (Å²) >= 11 is 0. The zero-order chi connectivity index (χ0) is 13.2. The highest BCUT2D eigenvalue weighted by Gasteiger charge is 2.07. The van der Waals surface area contributed by atoms with Crippen LogP contribution in [0.25, 0.3) is 5.52 Å². The van der Waals surface area contributed by atoms with Crippen molar-refractivity contribution >= 4 is 5.52 Å². The molecule has 0 aliphatic heterocycles. The van der Waals surface area contributed by atoms with Crippen molar-refractivity contribution in [2.75, 3.05) is 0 Å². The maximum atomic E-state index is 5.69. The molecule has 0 aliphatic carbocycles. The van der Waals surface area contributed by atoms with E-state index in [0.29, 0.717) is 12.5 Å². The van der Waals surface area contributed by atoms with Crippen LogP contribution >= 0.6 is 0 Å². The summed E-state index contributed by atoms with van der Waals surface area (Å²) in [4.78, 5) is 12.6. The standard InChI is InChI=1S/C12H12N6O/c1-8-6-18-11(5-15-17-18)12(16-8)19-7-10-3-13-9(2)14-4-10/h3-6H,7H2,1-2H3. The first-order valence-corrected chi connectivity index (χ1v) is 5.80. The van der Waals surface area contributed by atoms with E-state index >= 15 is 0 Å². The van der Waals surface area contributed by atoms with Crippen molar-refractivity contribution in [1.82, 2.24) is 29.8 Å². The molecule has 96 valence electrons. The van der Waals surface area contributed by atoms with Crippen LogP contribution in [0.2, 0.25) is 0 Å². The fourth-order valence-corrected chi connectivity index (χ4v) is 1.67. The molecule has 0 N–H and O–H groups in total. The van der Waals surface area contributed by atoms with E-state index < -0.39 is 0 Å². The predicted octanol–water partition coefficient (Wildman–Crippen LogP) is 1.11. The van der Waals surface area contributed by atoms with E-state index in [1.807, 2.05) is 13.8 Å². The zero-order valence-corrected chi connectivity index (χ0v) is 10.6. The van der Waals surface area contributed by atoms with Gasteiger partial charge >= 0.3 is 0 Å². The van der Waals surface area contributed by atoms with Crippen molar-refractivity contribution in [3.63, 3.8) is 0 Å². The van der Waals surface area contributed by atoms with Gasteiger partial charge in [-0.2, -0.15) is 0 Å². The lowest BCUT2D eigenvalue weighted by Gasteiger charge is -2.07. The molecular weight excluding hydrogens is 244 g/mol. The second-order valence-corrected chi connectivity index (χ2v) is 4.18. The van der Waals surface area contributed by atoms with Crippen molar-refractivity contribution in [2.24, 2.45) is 0 Å². The smallest absolute Gasteiger partial charge is 0.242 e. The molecule has 0 atom stereocenters. The van der Waals surface area contributed by atoms with E-state index in [2.05, 4.69) is 25.3 Å². The summed E-state index contributed by atoms with van der Waals surface area (Å²) in [6, 6.07) is 0. The molecule has 0 bridgehead atoms. The molecule has 19 heavy (non-hydrogen) atoms. The van der Waals surface area contributed by atoms with Crippen LogP contribution in [0, 0.1) is 13.8 Å². The van der Waals surface area contributed by atoms with E-state index in [4.69, 9.17) is 4.74 Å². The monoisotopic (exact) mass is 256 g/mol. The van der Waals surface area contributed by atoms with E-state index in [1.165, 1.54) is 0 Å². The van der Waals surface area contributed by atoms with Gasteiger partial charge in [-0.1, -0.05) is 5.21 Å². The van der Waals surface area contributed by atoms with Gasteiger partial charge in [0, 0.05) is 18.0 Å². The molecule has 3 rings (SSSR count). The maximum Gasteiger partial charge on any atom is 0.242 e.